The second-order valence-corrected chi connectivity index (χ2v) is 9.00. The number of carbonyl (C=O) groups is 2. The number of methoxy groups -OCH3 is 2. The summed E-state index contributed by atoms with van der Waals surface area (Å²) in [7, 11) is 5.05. The highest BCUT2D eigenvalue weighted by Crippen LogP contribution is 2.47. The van der Waals surface area contributed by atoms with Crippen LogP contribution in [0.4, 0.5) is 0 Å². The molecular formula is C25H25ClN2O4. The molecule has 0 saturated carbocycles. The van der Waals surface area contributed by atoms with Crippen molar-refractivity contribution in [2.75, 3.05) is 27.8 Å². The van der Waals surface area contributed by atoms with Crippen LogP contribution in [0.15, 0.2) is 42.5 Å². The van der Waals surface area contributed by atoms with Crippen molar-refractivity contribution in [1.82, 2.24) is 9.47 Å². The predicted molar refractivity (Wildman–Crippen MR) is 123 cm³/mol. The summed E-state index contributed by atoms with van der Waals surface area (Å²) in [4.78, 5) is 29.4. The van der Waals surface area contributed by atoms with Crippen molar-refractivity contribution in [3.63, 3.8) is 0 Å². The first-order valence-electron chi connectivity index (χ1n) is 10.7. The summed E-state index contributed by atoms with van der Waals surface area (Å²) in [5.41, 5.74) is 3.82. The minimum absolute atomic E-state index is 0.0141. The highest BCUT2D eigenvalue weighted by molar-refractivity contribution is 6.30. The number of ether oxygens (including phenoxy) is 2. The molecule has 3 atom stereocenters. The molecule has 0 fully saturated rings. The molecule has 2 aliphatic rings. The van der Waals surface area contributed by atoms with Gasteiger partial charge in [-0.15, -0.1) is 0 Å². The summed E-state index contributed by atoms with van der Waals surface area (Å²) in [5, 5.41) is 1.59. The maximum atomic E-state index is 14.1. The van der Waals surface area contributed by atoms with Gasteiger partial charge in [0.15, 0.2) is 0 Å². The third kappa shape index (κ3) is 3.12. The van der Waals surface area contributed by atoms with Gasteiger partial charge in [0.1, 0.15) is 11.7 Å². The van der Waals surface area contributed by atoms with E-state index in [9.17, 15) is 9.59 Å². The van der Waals surface area contributed by atoms with E-state index in [0.29, 0.717) is 11.4 Å². The predicted octanol–water partition coefficient (Wildman–Crippen LogP) is 4.45. The molecule has 6 nitrogen and oxygen atoms in total. The van der Waals surface area contributed by atoms with E-state index in [2.05, 4.69) is 11.9 Å². The number of aromatic nitrogens is 1. The van der Waals surface area contributed by atoms with E-state index in [1.54, 1.807) is 17.7 Å². The molecule has 0 radical (unpaired) electrons. The van der Waals surface area contributed by atoms with Gasteiger partial charge in [0, 0.05) is 28.6 Å². The number of hydrogen-bond donors (Lipinski definition) is 0. The first-order valence-corrected chi connectivity index (χ1v) is 11.1. The maximum Gasteiger partial charge on any atom is 0.318 e. The molecule has 0 bridgehead atoms. The second kappa shape index (κ2) is 7.94. The molecule has 3 unspecified atom stereocenters. The van der Waals surface area contributed by atoms with Crippen LogP contribution in [0.3, 0.4) is 0 Å². The fourth-order valence-corrected chi connectivity index (χ4v) is 5.62. The van der Waals surface area contributed by atoms with Gasteiger partial charge in [-0.05, 0) is 61.3 Å². The van der Waals surface area contributed by atoms with Crippen LogP contribution >= 0.6 is 11.6 Å². The number of halogens is 1. The molecular weight excluding hydrogens is 428 g/mol. The molecule has 166 valence electrons. The highest BCUT2D eigenvalue weighted by atomic mass is 35.5. The fourth-order valence-electron chi connectivity index (χ4n) is 5.42. The molecule has 0 saturated heterocycles. The summed E-state index contributed by atoms with van der Waals surface area (Å²) >= 11 is 6.28. The Labute approximate surface area is 191 Å². The van der Waals surface area contributed by atoms with Crippen LogP contribution in [-0.2, 0) is 16.0 Å². The van der Waals surface area contributed by atoms with E-state index in [1.807, 2.05) is 36.4 Å². The van der Waals surface area contributed by atoms with Crippen molar-refractivity contribution in [1.29, 1.82) is 0 Å². The Hall–Kier alpha value is -2.83. The normalized spacial score (nSPS) is 23.0. The molecule has 2 aliphatic heterocycles. The van der Waals surface area contributed by atoms with Gasteiger partial charge in [-0.25, -0.2) is 0 Å². The van der Waals surface area contributed by atoms with Crippen molar-refractivity contribution in [2.45, 2.75) is 24.8 Å². The number of hydrogen-bond acceptors (Lipinski definition) is 5. The smallest absolute Gasteiger partial charge is 0.318 e. The third-order valence-corrected chi connectivity index (χ3v) is 7.22. The zero-order valence-corrected chi connectivity index (χ0v) is 19.1. The molecule has 5 rings (SSSR count). The van der Waals surface area contributed by atoms with Crippen LogP contribution in [-0.4, -0.2) is 49.2 Å². The van der Waals surface area contributed by atoms with Gasteiger partial charge in [-0.2, -0.15) is 0 Å². The fraction of sp³-hybridized carbons (Fsp3) is 0.360. The minimum Gasteiger partial charge on any atom is -0.497 e. The number of carbonyl (C=O) groups excluding carboxylic acids is 2. The van der Waals surface area contributed by atoms with E-state index in [0.717, 1.165) is 46.4 Å². The van der Waals surface area contributed by atoms with Gasteiger partial charge in [-0.3, -0.25) is 19.1 Å². The standard InChI is InChI=1S/C25H25ClN2O4/c1-27-10-9-17-19-12-16(31-2)7-8-20(19)28-23(17)21(27)13-18(14-5-4-6-15(26)11-14)22(24(28)29)25(30)32-3/h4-8,11-12,18,21-22H,9-10,13H2,1-3H3. The van der Waals surface area contributed by atoms with Crippen LogP contribution in [0.2, 0.25) is 5.02 Å². The lowest BCUT2D eigenvalue weighted by molar-refractivity contribution is -0.144. The Bertz CT molecular complexity index is 1230. The molecule has 3 heterocycles. The zero-order valence-electron chi connectivity index (χ0n) is 18.3. The number of fused-ring (bicyclic) bond motifs is 3. The summed E-state index contributed by atoms with van der Waals surface area (Å²) in [6.45, 7) is 0.868. The number of rotatable bonds is 3. The topological polar surface area (TPSA) is 60.8 Å². The quantitative estimate of drug-likeness (QED) is 0.434. The minimum atomic E-state index is -0.959. The van der Waals surface area contributed by atoms with Gasteiger partial charge in [0.2, 0.25) is 5.91 Å². The van der Waals surface area contributed by atoms with Crippen LogP contribution in [0.5, 0.6) is 5.75 Å². The summed E-state index contributed by atoms with van der Waals surface area (Å²) in [6, 6.07) is 13.2. The molecule has 2 aromatic carbocycles. The SMILES string of the molecule is COC(=O)C1C(=O)n2c3c(c4cc(OC)ccc42)CCN(C)C3CC1c1cccc(Cl)c1. The first kappa shape index (κ1) is 21.0. The maximum absolute atomic E-state index is 14.1. The Balaban J connectivity index is 1.78. The van der Waals surface area contributed by atoms with E-state index < -0.39 is 11.9 Å². The summed E-state index contributed by atoms with van der Waals surface area (Å²) in [5.74, 6) is -1.33. The largest absolute Gasteiger partial charge is 0.497 e. The Kier molecular flexibility index (Phi) is 5.22. The molecule has 0 spiro atoms. The lowest BCUT2D eigenvalue weighted by atomic mass is 9.80. The van der Waals surface area contributed by atoms with Crippen molar-refractivity contribution < 1.29 is 19.1 Å². The average Bonchev–Trinajstić information content (AvgIpc) is 3.05. The van der Waals surface area contributed by atoms with E-state index in [4.69, 9.17) is 21.1 Å². The van der Waals surface area contributed by atoms with Crippen LogP contribution < -0.4 is 4.74 Å². The number of esters is 1. The Morgan fingerprint density at radius 1 is 1.16 bits per heavy atom. The molecule has 32 heavy (non-hydrogen) atoms. The second-order valence-electron chi connectivity index (χ2n) is 8.56. The summed E-state index contributed by atoms with van der Waals surface area (Å²) < 4.78 is 12.3. The van der Waals surface area contributed by atoms with E-state index >= 15 is 0 Å². The molecule has 1 aromatic heterocycles. The Morgan fingerprint density at radius 3 is 2.69 bits per heavy atom. The van der Waals surface area contributed by atoms with Gasteiger partial charge >= 0.3 is 5.97 Å². The number of nitrogens with zero attached hydrogens (tertiary/aromatic N) is 2. The average molecular weight is 453 g/mol. The van der Waals surface area contributed by atoms with Crippen LogP contribution in [0.25, 0.3) is 10.9 Å². The molecule has 0 N–H and O–H groups in total. The molecule has 7 heteroatoms. The van der Waals surface area contributed by atoms with Crippen molar-refractivity contribution in [3.05, 3.63) is 64.3 Å². The molecule has 0 aliphatic carbocycles. The van der Waals surface area contributed by atoms with Gasteiger partial charge in [-0.1, -0.05) is 23.7 Å². The first-order chi connectivity index (χ1) is 15.4. The van der Waals surface area contributed by atoms with Gasteiger partial charge in [0.05, 0.1) is 25.8 Å². The number of likely N-dealkylation sites (N-methyl/N-ethyl adjacent to an activating group) is 1. The van der Waals surface area contributed by atoms with Crippen molar-refractivity contribution in [2.24, 2.45) is 5.92 Å². The van der Waals surface area contributed by atoms with Gasteiger partial charge in [0.25, 0.3) is 0 Å². The molecule has 0 amide bonds. The lowest BCUT2D eigenvalue weighted by Gasteiger charge is -2.34. The molecule has 3 aromatic rings. The van der Waals surface area contributed by atoms with Crippen LogP contribution in [0, 0.1) is 5.92 Å². The summed E-state index contributed by atoms with van der Waals surface area (Å²) in [6.07, 6.45) is 1.44. The lowest BCUT2D eigenvalue weighted by Crippen LogP contribution is -2.33. The van der Waals surface area contributed by atoms with Crippen molar-refractivity contribution in [3.8, 4) is 5.75 Å². The zero-order chi connectivity index (χ0) is 22.6. The van der Waals surface area contributed by atoms with E-state index in [-0.39, 0.29) is 17.9 Å². The highest BCUT2D eigenvalue weighted by Gasteiger charge is 2.46. The Morgan fingerprint density at radius 2 is 1.97 bits per heavy atom. The van der Waals surface area contributed by atoms with Gasteiger partial charge < -0.3 is 9.47 Å². The van der Waals surface area contributed by atoms with Crippen LogP contribution in [0.1, 0.15) is 40.0 Å². The third-order valence-electron chi connectivity index (χ3n) is 6.98. The van der Waals surface area contributed by atoms with Crippen molar-refractivity contribution >= 4 is 34.4 Å². The number of benzene rings is 2. The van der Waals surface area contributed by atoms with E-state index in [1.165, 1.54) is 7.11 Å². The monoisotopic (exact) mass is 452 g/mol.